The number of fused-ring (bicyclic) bond motifs is 1. The molecule has 2 aromatic carbocycles. The van der Waals surface area contributed by atoms with E-state index < -0.39 is 0 Å². The maximum Gasteiger partial charge on any atom is 0.163 e. The van der Waals surface area contributed by atoms with Crippen molar-refractivity contribution in [2.75, 3.05) is 0 Å². The van der Waals surface area contributed by atoms with Crippen LogP contribution in [0.3, 0.4) is 0 Å². The molecule has 0 saturated carbocycles. The molecule has 0 fully saturated rings. The highest BCUT2D eigenvalue weighted by Gasteiger charge is 2.17. The Hall–Kier alpha value is -1.89. The van der Waals surface area contributed by atoms with E-state index in [1.54, 1.807) is 0 Å². The largest absolute Gasteiger partial charge is 0.294 e. The molecule has 0 atom stereocenters. The topological polar surface area (TPSA) is 17.1 Å². The molecule has 1 heteroatoms. The molecular weight excluding hydrogens is 232 g/mol. The highest BCUT2D eigenvalue weighted by atomic mass is 16.1. The van der Waals surface area contributed by atoms with Gasteiger partial charge < -0.3 is 0 Å². The van der Waals surface area contributed by atoms with Crippen molar-refractivity contribution in [3.05, 3.63) is 58.7 Å². The van der Waals surface area contributed by atoms with Crippen molar-refractivity contribution in [2.45, 2.75) is 33.1 Å². The van der Waals surface area contributed by atoms with Gasteiger partial charge in [0.25, 0.3) is 0 Å². The lowest BCUT2D eigenvalue weighted by atomic mass is 9.88. The lowest BCUT2D eigenvalue weighted by Crippen LogP contribution is -2.10. The number of Topliss-reactive ketones (excluding diaryl/α,β-unsaturated/α-hetero) is 1. The Labute approximate surface area is 114 Å². The first kappa shape index (κ1) is 12.2. The van der Waals surface area contributed by atoms with Gasteiger partial charge in [0.05, 0.1) is 0 Å². The lowest BCUT2D eigenvalue weighted by molar-refractivity contribution is 0.0972. The summed E-state index contributed by atoms with van der Waals surface area (Å²) in [5.41, 5.74) is 7.09. The molecule has 0 aliphatic heterocycles. The van der Waals surface area contributed by atoms with Crippen LogP contribution in [0, 0.1) is 13.8 Å². The third kappa shape index (κ3) is 2.21. The summed E-state index contributed by atoms with van der Waals surface area (Å²) in [7, 11) is 0. The minimum absolute atomic E-state index is 0.298. The Kier molecular flexibility index (Phi) is 2.98. The van der Waals surface area contributed by atoms with Gasteiger partial charge in [-0.15, -0.1) is 0 Å². The van der Waals surface area contributed by atoms with Crippen molar-refractivity contribution < 1.29 is 4.79 Å². The molecule has 3 rings (SSSR count). The minimum atomic E-state index is 0.298. The normalized spacial score (nSPS) is 14.3. The molecule has 96 valence electrons. The van der Waals surface area contributed by atoms with E-state index >= 15 is 0 Å². The third-order valence-corrected chi connectivity index (χ3v) is 4.10. The maximum absolute atomic E-state index is 12.0. The molecule has 0 heterocycles. The first-order chi connectivity index (χ1) is 9.15. The van der Waals surface area contributed by atoms with Crippen molar-refractivity contribution in [3.8, 4) is 11.1 Å². The summed E-state index contributed by atoms with van der Waals surface area (Å²) in [6.07, 6.45) is 2.73. The van der Waals surface area contributed by atoms with Gasteiger partial charge in [0, 0.05) is 12.0 Å². The van der Waals surface area contributed by atoms with Gasteiger partial charge in [0.2, 0.25) is 0 Å². The van der Waals surface area contributed by atoms with Crippen LogP contribution in [0.5, 0.6) is 0 Å². The summed E-state index contributed by atoms with van der Waals surface area (Å²) in [4.78, 5) is 12.0. The predicted octanol–water partition coefficient (Wildman–Crippen LogP) is 4.49. The van der Waals surface area contributed by atoms with E-state index in [2.05, 4.69) is 50.2 Å². The quantitative estimate of drug-likeness (QED) is 0.728. The highest BCUT2D eigenvalue weighted by Crippen LogP contribution is 2.28. The maximum atomic E-state index is 12.0. The van der Waals surface area contributed by atoms with Crippen molar-refractivity contribution in [3.63, 3.8) is 0 Å². The van der Waals surface area contributed by atoms with Gasteiger partial charge in [0.1, 0.15) is 0 Å². The van der Waals surface area contributed by atoms with Crippen molar-refractivity contribution in [2.24, 2.45) is 0 Å². The van der Waals surface area contributed by atoms with Gasteiger partial charge in [0.15, 0.2) is 5.78 Å². The Bertz CT molecular complexity index is 653. The fourth-order valence-corrected chi connectivity index (χ4v) is 2.73. The van der Waals surface area contributed by atoms with Crippen LogP contribution in [-0.4, -0.2) is 5.78 Å². The number of aryl methyl sites for hydroxylation is 3. The number of hydrogen-bond donors (Lipinski definition) is 0. The fourth-order valence-electron chi connectivity index (χ4n) is 2.73. The lowest BCUT2D eigenvalue weighted by Gasteiger charge is -2.16. The Morgan fingerprint density at radius 3 is 2.37 bits per heavy atom. The summed E-state index contributed by atoms with van der Waals surface area (Å²) in [5.74, 6) is 0.298. The van der Waals surface area contributed by atoms with Crippen molar-refractivity contribution in [1.29, 1.82) is 0 Å². The zero-order chi connectivity index (χ0) is 13.4. The number of hydrogen-bond acceptors (Lipinski definition) is 1. The second kappa shape index (κ2) is 4.65. The second-order valence-corrected chi connectivity index (χ2v) is 5.45. The predicted molar refractivity (Wildman–Crippen MR) is 78.6 cm³/mol. The molecule has 0 amide bonds. The van der Waals surface area contributed by atoms with Gasteiger partial charge in [-0.1, -0.05) is 30.3 Å². The van der Waals surface area contributed by atoms with Crippen LogP contribution >= 0.6 is 0 Å². The van der Waals surface area contributed by atoms with Crippen LogP contribution in [0.2, 0.25) is 0 Å². The molecule has 1 aliphatic carbocycles. The van der Waals surface area contributed by atoms with Gasteiger partial charge >= 0.3 is 0 Å². The number of carbonyl (C=O) groups excluding carboxylic acids is 1. The number of carbonyl (C=O) groups is 1. The number of ketones is 1. The van der Waals surface area contributed by atoms with Crippen LogP contribution in [0.4, 0.5) is 0 Å². The van der Waals surface area contributed by atoms with E-state index in [0.717, 1.165) is 24.0 Å². The zero-order valence-electron chi connectivity index (χ0n) is 11.5. The first-order valence-electron chi connectivity index (χ1n) is 6.89. The van der Waals surface area contributed by atoms with Crippen molar-refractivity contribution >= 4 is 5.78 Å². The third-order valence-electron chi connectivity index (χ3n) is 4.10. The Morgan fingerprint density at radius 2 is 1.58 bits per heavy atom. The molecule has 0 unspecified atom stereocenters. The summed E-state index contributed by atoms with van der Waals surface area (Å²) < 4.78 is 0. The summed E-state index contributed by atoms with van der Waals surface area (Å²) in [6, 6.07) is 12.8. The van der Waals surface area contributed by atoms with Crippen LogP contribution in [0.25, 0.3) is 11.1 Å². The van der Waals surface area contributed by atoms with E-state index in [9.17, 15) is 4.79 Å². The van der Waals surface area contributed by atoms with E-state index in [-0.39, 0.29) is 0 Å². The molecule has 19 heavy (non-hydrogen) atoms. The van der Waals surface area contributed by atoms with E-state index in [4.69, 9.17) is 0 Å². The van der Waals surface area contributed by atoms with Crippen LogP contribution in [0.1, 0.15) is 39.9 Å². The van der Waals surface area contributed by atoms with E-state index in [1.807, 2.05) is 0 Å². The fraction of sp³-hybridized carbons (Fsp3) is 0.278. The van der Waals surface area contributed by atoms with Gasteiger partial charge in [-0.3, -0.25) is 4.79 Å². The molecule has 2 aromatic rings. The molecule has 0 aromatic heterocycles. The van der Waals surface area contributed by atoms with Crippen LogP contribution in [0.15, 0.2) is 36.4 Å². The minimum Gasteiger partial charge on any atom is -0.294 e. The van der Waals surface area contributed by atoms with Gasteiger partial charge in [-0.25, -0.2) is 0 Å². The highest BCUT2D eigenvalue weighted by molar-refractivity contribution is 5.99. The van der Waals surface area contributed by atoms with Gasteiger partial charge in [-0.2, -0.15) is 0 Å². The molecule has 0 saturated heterocycles. The molecule has 0 bridgehead atoms. The molecular formula is C18H18O. The molecule has 0 spiro atoms. The number of benzene rings is 2. The van der Waals surface area contributed by atoms with E-state index in [1.165, 1.54) is 22.3 Å². The average Bonchev–Trinajstić information content (AvgIpc) is 2.42. The monoisotopic (exact) mass is 250 g/mol. The SMILES string of the molecule is Cc1ccc(-c2ccc3c(c2)C(=O)CCC3)cc1C. The molecule has 1 aliphatic rings. The summed E-state index contributed by atoms with van der Waals surface area (Å²) >= 11 is 0. The van der Waals surface area contributed by atoms with Crippen LogP contribution in [-0.2, 0) is 6.42 Å². The van der Waals surface area contributed by atoms with Crippen molar-refractivity contribution in [1.82, 2.24) is 0 Å². The Balaban J connectivity index is 2.08. The molecule has 0 N–H and O–H groups in total. The van der Waals surface area contributed by atoms with Gasteiger partial charge in [-0.05, 0) is 60.6 Å². The summed E-state index contributed by atoms with van der Waals surface area (Å²) in [6.45, 7) is 4.25. The molecule has 0 radical (unpaired) electrons. The van der Waals surface area contributed by atoms with Crippen LogP contribution < -0.4 is 0 Å². The zero-order valence-corrected chi connectivity index (χ0v) is 11.5. The average molecular weight is 250 g/mol. The second-order valence-electron chi connectivity index (χ2n) is 5.45. The smallest absolute Gasteiger partial charge is 0.163 e. The Morgan fingerprint density at radius 1 is 0.842 bits per heavy atom. The van der Waals surface area contributed by atoms with E-state index in [0.29, 0.717) is 12.2 Å². The number of rotatable bonds is 1. The standard InChI is InChI=1S/C18H18O/c1-12-6-7-15(10-13(12)2)16-9-8-14-4-3-5-18(19)17(14)11-16/h6-11H,3-5H2,1-2H3. The summed E-state index contributed by atoms with van der Waals surface area (Å²) in [5, 5.41) is 0. The first-order valence-corrected chi connectivity index (χ1v) is 6.89. The molecule has 1 nitrogen and oxygen atoms in total.